The molecule has 1 aromatic heterocycles. The predicted octanol–water partition coefficient (Wildman–Crippen LogP) is 2.75. The van der Waals surface area contributed by atoms with Crippen molar-refractivity contribution < 1.29 is 19.1 Å². The van der Waals surface area contributed by atoms with E-state index in [0.717, 1.165) is 12.8 Å². The molecular formula is C18H18N4O4S2. The zero-order chi connectivity index (χ0) is 19.8. The second-order valence-electron chi connectivity index (χ2n) is 6.64. The zero-order valence-electron chi connectivity index (χ0n) is 15.3. The number of ketones is 1. The smallest absolute Gasteiger partial charge is 0.262 e. The van der Waals surface area contributed by atoms with Gasteiger partial charge in [-0.3, -0.25) is 19.3 Å². The molecule has 4 rings (SSSR count). The number of nitrogens with one attached hydrogen (secondary N) is 1. The molecule has 28 heavy (non-hydrogen) atoms. The van der Waals surface area contributed by atoms with Gasteiger partial charge in [-0.15, -0.1) is 10.2 Å². The number of rotatable bonds is 6. The van der Waals surface area contributed by atoms with Crippen LogP contribution < -0.4 is 15.0 Å². The van der Waals surface area contributed by atoms with Crippen LogP contribution in [0.25, 0.3) is 0 Å². The summed E-state index contributed by atoms with van der Waals surface area (Å²) in [7, 11) is 0. The monoisotopic (exact) mass is 418 g/mol. The fraction of sp³-hybridized carbons (Fsp3) is 0.389. The number of aromatic nitrogens is 2. The van der Waals surface area contributed by atoms with Gasteiger partial charge in [0.15, 0.2) is 16.7 Å². The number of hydrogen-bond donors (Lipinski definition) is 1. The highest BCUT2D eigenvalue weighted by molar-refractivity contribution is 8.02. The summed E-state index contributed by atoms with van der Waals surface area (Å²) in [6.45, 7) is 3.30. The molecule has 1 aliphatic carbocycles. The maximum absolute atomic E-state index is 12.8. The van der Waals surface area contributed by atoms with Crippen LogP contribution in [0.4, 0.5) is 10.8 Å². The molecule has 2 heterocycles. The molecule has 2 aromatic rings. The van der Waals surface area contributed by atoms with E-state index in [9.17, 15) is 14.4 Å². The summed E-state index contributed by atoms with van der Waals surface area (Å²) in [5.41, 5.74) is 0.983. The Balaban J connectivity index is 1.46. The first kappa shape index (κ1) is 18.9. The van der Waals surface area contributed by atoms with Gasteiger partial charge in [0.1, 0.15) is 5.75 Å². The molecule has 0 bridgehead atoms. The Kier molecular flexibility index (Phi) is 5.07. The van der Waals surface area contributed by atoms with E-state index in [1.54, 1.807) is 30.0 Å². The van der Waals surface area contributed by atoms with Gasteiger partial charge in [0.05, 0.1) is 10.9 Å². The Hall–Kier alpha value is -2.46. The minimum Gasteiger partial charge on any atom is -0.482 e. The van der Waals surface area contributed by atoms with Crippen molar-refractivity contribution in [1.82, 2.24) is 10.2 Å². The average Bonchev–Trinajstić information content (AvgIpc) is 3.39. The second kappa shape index (κ2) is 7.51. The number of anilines is 2. The standard InChI is InChI=1S/C18H18N4O4S2/c1-9(16(25)11-3-6-14-13(7-11)19-15(24)8-26-14)27-18-21-20-17(28-18)22(10(2)23)12-4-5-12/h3,6-7,9,12H,4-5,8H2,1-2H3,(H,19,24). The molecule has 0 radical (unpaired) electrons. The fourth-order valence-electron chi connectivity index (χ4n) is 2.90. The molecule has 2 aliphatic rings. The molecule has 1 aliphatic heterocycles. The lowest BCUT2D eigenvalue weighted by Crippen LogP contribution is -2.30. The van der Waals surface area contributed by atoms with Crippen molar-refractivity contribution in [3.63, 3.8) is 0 Å². The molecule has 0 saturated heterocycles. The Labute approximate surface area is 169 Å². The maximum Gasteiger partial charge on any atom is 0.262 e. The average molecular weight is 419 g/mol. The zero-order valence-corrected chi connectivity index (χ0v) is 16.9. The third kappa shape index (κ3) is 3.88. The summed E-state index contributed by atoms with van der Waals surface area (Å²) < 4.78 is 5.95. The first-order valence-corrected chi connectivity index (χ1v) is 10.5. The van der Waals surface area contributed by atoms with Crippen LogP contribution in [0.3, 0.4) is 0 Å². The van der Waals surface area contributed by atoms with E-state index in [4.69, 9.17) is 4.74 Å². The number of fused-ring (bicyclic) bond motifs is 1. The number of hydrogen-bond acceptors (Lipinski definition) is 8. The number of thioether (sulfide) groups is 1. The number of ether oxygens (including phenoxy) is 1. The van der Waals surface area contributed by atoms with E-state index >= 15 is 0 Å². The molecule has 8 nitrogen and oxygen atoms in total. The van der Waals surface area contributed by atoms with Gasteiger partial charge in [-0.25, -0.2) is 0 Å². The SMILES string of the molecule is CC(=O)N(c1nnc(SC(C)C(=O)c2ccc3c(c2)NC(=O)CO3)s1)C1CC1. The lowest BCUT2D eigenvalue weighted by Gasteiger charge is -2.18. The van der Waals surface area contributed by atoms with E-state index in [1.807, 2.05) is 0 Å². The topological polar surface area (TPSA) is 101 Å². The molecule has 1 N–H and O–H groups in total. The molecule has 1 saturated carbocycles. The van der Waals surface area contributed by atoms with E-state index in [2.05, 4.69) is 15.5 Å². The molecular weight excluding hydrogens is 400 g/mol. The normalized spacial score (nSPS) is 16.6. The molecule has 10 heteroatoms. The number of amides is 2. The Morgan fingerprint density at radius 1 is 1.36 bits per heavy atom. The molecule has 1 fully saturated rings. The lowest BCUT2D eigenvalue weighted by molar-refractivity contribution is -0.118. The third-order valence-corrected chi connectivity index (χ3v) is 6.50. The summed E-state index contributed by atoms with van der Waals surface area (Å²) in [5.74, 6) is 0.175. The van der Waals surface area contributed by atoms with Crippen molar-refractivity contribution in [2.24, 2.45) is 0 Å². The van der Waals surface area contributed by atoms with Crippen molar-refractivity contribution in [3.8, 4) is 5.75 Å². The quantitative estimate of drug-likeness (QED) is 0.437. The van der Waals surface area contributed by atoms with E-state index in [1.165, 1.54) is 30.0 Å². The van der Waals surface area contributed by atoms with Crippen LogP contribution in [0.15, 0.2) is 22.5 Å². The molecule has 0 spiro atoms. The van der Waals surface area contributed by atoms with Gasteiger partial charge in [-0.2, -0.15) is 0 Å². The van der Waals surface area contributed by atoms with Gasteiger partial charge in [-0.05, 0) is 38.0 Å². The van der Waals surface area contributed by atoms with Crippen LogP contribution >= 0.6 is 23.1 Å². The van der Waals surface area contributed by atoms with Gasteiger partial charge < -0.3 is 10.1 Å². The van der Waals surface area contributed by atoms with Crippen molar-refractivity contribution >= 4 is 51.5 Å². The second-order valence-corrected chi connectivity index (χ2v) is 9.19. The number of benzene rings is 1. The first-order valence-electron chi connectivity index (χ1n) is 8.83. The summed E-state index contributed by atoms with van der Waals surface area (Å²) >= 11 is 2.62. The van der Waals surface area contributed by atoms with Crippen LogP contribution in [-0.4, -0.2) is 45.7 Å². The van der Waals surface area contributed by atoms with Gasteiger partial charge in [0.25, 0.3) is 5.91 Å². The molecule has 1 aromatic carbocycles. The first-order chi connectivity index (χ1) is 13.4. The number of nitrogens with zero attached hydrogens (tertiary/aromatic N) is 3. The molecule has 1 unspecified atom stereocenters. The number of carbonyl (C=O) groups excluding carboxylic acids is 3. The fourth-order valence-corrected chi connectivity index (χ4v) is 5.08. The largest absolute Gasteiger partial charge is 0.482 e. The highest BCUT2D eigenvalue weighted by atomic mass is 32.2. The van der Waals surface area contributed by atoms with E-state index < -0.39 is 5.25 Å². The van der Waals surface area contributed by atoms with Gasteiger partial charge in [0, 0.05) is 18.5 Å². The maximum atomic E-state index is 12.8. The minimum absolute atomic E-state index is 0.0237. The molecule has 2 amide bonds. The third-order valence-electron chi connectivity index (χ3n) is 4.40. The van der Waals surface area contributed by atoms with Crippen molar-refractivity contribution in [3.05, 3.63) is 23.8 Å². The predicted molar refractivity (Wildman–Crippen MR) is 106 cm³/mol. The van der Waals surface area contributed by atoms with E-state index in [-0.39, 0.29) is 30.2 Å². The van der Waals surface area contributed by atoms with E-state index in [0.29, 0.717) is 26.5 Å². The van der Waals surface area contributed by atoms with Gasteiger partial charge in [0.2, 0.25) is 11.0 Å². The Morgan fingerprint density at radius 3 is 2.86 bits per heavy atom. The highest BCUT2D eigenvalue weighted by Gasteiger charge is 2.34. The summed E-state index contributed by atoms with van der Waals surface area (Å²) in [6.07, 6.45) is 1.96. The highest BCUT2D eigenvalue weighted by Crippen LogP contribution is 2.37. The van der Waals surface area contributed by atoms with Crippen LogP contribution in [-0.2, 0) is 9.59 Å². The minimum atomic E-state index is -0.397. The Bertz CT molecular complexity index is 957. The lowest BCUT2D eigenvalue weighted by atomic mass is 10.1. The van der Waals surface area contributed by atoms with Gasteiger partial charge >= 0.3 is 0 Å². The Morgan fingerprint density at radius 2 is 2.14 bits per heavy atom. The summed E-state index contributed by atoms with van der Waals surface area (Å²) in [5, 5.41) is 11.1. The summed E-state index contributed by atoms with van der Waals surface area (Å²) in [4.78, 5) is 37.8. The van der Waals surface area contributed by atoms with Crippen molar-refractivity contribution in [2.45, 2.75) is 42.3 Å². The van der Waals surface area contributed by atoms with Crippen molar-refractivity contribution in [1.29, 1.82) is 0 Å². The molecule has 1 atom stereocenters. The summed E-state index contributed by atoms with van der Waals surface area (Å²) in [6, 6.07) is 5.21. The van der Waals surface area contributed by atoms with Gasteiger partial charge in [-0.1, -0.05) is 23.1 Å². The van der Waals surface area contributed by atoms with Crippen LogP contribution in [0.5, 0.6) is 5.75 Å². The van der Waals surface area contributed by atoms with Crippen LogP contribution in [0, 0.1) is 0 Å². The number of carbonyl (C=O) groups is 3. The van der Waals surface area contributed by atoms with Crippen molar-refractivity contribution in [2.75, 3.05) is 16.8 Å². The number of Topliss-reactive ketones (excluding diaryl/α,β-unsaturated/α-hetero) is 1. The molecule has 146 valence electrons. The van der Waals surface area contributed by atoms with Crippen LogP contribution in [0.2, 0.25) is 0 Å². The van der Waals surface area contributed by atoms with Crippen LogP contribution in [0.1, 0.15) is 37.0 Å².